The molecule has 98 valence electrons. The molecule has 0 amide bonds. The summed E-state index contributed by atoms with van der Waals surface area (Å²) in [5.41, 5.74) is 0.841. The minimum absolute atomic E-state index is 0.0746. The van der Waals surface area contributed by atoms with E-state index in [9.17, 15) is 14.9 Å². The van der Waals surface area contributed by atoms with E-state index in [4.69, 9.17) is 4.74 Å². The first kappa shape index (κ1) is 13.7. The lowest BCUT2D eigenvalue weighted by atomic mass is 10.2. The molecule has 0 aliphatic rings. The molecule has 19 heavy (non-hydrogen) atoms. The number of esters is 1. The Kier molecular flexibility index (Phi) is 4.28. The van der Waals surface area contributed by atoms with Gasteiger partial charge in [0.1, 0.15) is 11.5 Å². The van der Waals surface area contributed by atoms with Gasteiger partial charge in [0.05, 0.1) is 4.92 Å². The quantitative estimate of drug-likeness (QED) is 0.482. The Morgan fingerprint density at radius 1 is 1.37 bits per heavy atom. The second-order valence-corrected chi connectivity index (χ2v) is 5.58. The predicted octanol–water partition coefficient (Wildman–Crippen LogP) is 3.78. The van der Waals surface area contributed by atoms with Gasteiger partial charge in [0.25, 0.3) is 0 Å². The van der Waals surface area contributed by atoms with Crippen LogP contribution in [0, 0.1) is 10.1 Å². The maximum absolute atomic E-state index is 11.7. The van der Waals surface area contributed by atoms with Crippen LogP contribution in [0.2, 0.25) is 0 Å². The van der Waals surface area contributed by atoms with Crippen molar-refractivity contribution in [3.05, 3.63) is 61.4 Å². The van der Waals surface area contributed by atoms with Crippen molar-refractivity contribution in [2.24, 2.45) is 0 Å². The van der Waals surface area contributed by atoms with Gasteiger partial charge in [-0.1, -0.05) is 39.4 Å². The molecule has 0 aliphatic heterocycles. The van der Waals surface area contributed by atoms with Gasteiger partial charge >= 0.3 is 11.0 Å². The molecule has 7 heteroatoms. The van der Waals surface area contributed by atoms with Crippen molar-refractivity contribution in [1.82, 2.24) is 0 Å². The van der Waals surface area contributed by atoms with Crippen LogP contribution in [0.3, 0.4) is 0 Å². The molecule has 0 saturated heterocycles. The van der Waals surface area contributed by atoms with Crippen molar-refractivity contribution in [3.8, 4) is 0 Å². The lowest BCUT2D eigenvalue weighted by molar-refractivity contribution is -0.380. The monoisotopic (exact) mass is 341 g/mol. The van der Waals surface area contributed by atoms with Crippen LogP contribution in [-0.4, -0.2) is 10.9 Å². The highest BCUT2D eigenvalue weighted by molar-refractivity contribution is 9.10. The average Bonchev–Trinajstić information content (AvgIpc) is 2.86. The summed E-state index contributed by atoms with van der Waals surface area (Å²) in [7, 11) is 0. The molecule has 1 aromatic carbocycles. The molecule has 0 radical (unpaired) electrons. The van der Waals surface area contributed by atoms with E-state index in [-0.39, 0.29) is 16.5 Å². The van der Waals surface area contributed by atoms with Gasteiger partial charge in [-0.3, -0.25) is 10.1 Å². The van der Waals surface area contributed by atoms with Gasteiger partial charge in [-0.15, -0.1) is 0 Å². The van der Waals surface area contributed by atoms with Crippen molar-refractivity contribution in [3.63, 3.8) is 0 Å². The first-order valence-electron chi connectivity index (χ1n) is 5.22. The van der Waals surface area contributed by atoms with Crippen molar-refractivity contribution in [2.45, 2.75) is 6.61 Å². The Hall–Kier alpha value is -1.73. The highest BCUT2D eigenvalue weighted by atomic mass is 79.9. The van der Waals surface area contributed by atoms with E-state index >= 15 is 0 Å². The van der Waals surface area contributed by atoms with Crippen molar-refractivity contribution in [1.29, 1.82) is 0 Å². The van der Waals surface area contributed by atoms with Crippen molar-refractivity contribution >= 4 is 38.2 Å². The summed E-state index contributed by atoms with van der Waals surface area (Å²) >= 11 is 4.12. The minimum atomic E-state index is -0.557. The number of carbonyl (C=O) groups is 1. The Morgan fingerprint density at radius 3 is 2.79 bits per heavy atom. The van der Waals surface area contributed by atoms with E-state index in [1.807, 2.05) is 24.3 Å². The van der Waals surface area contributed by atoms with Crippen LogP contribution in [0.1, 0.15) is 15.2 Å². The average molecular weight is 342 g/mol. The van der Waals surface area contributed by atoms with Crippen LogP contribution in [0.4, 0.5) is 5.00 Å². The number of halogens is 1. The molecular formula is C12H8BrNO4S. The number of carbonyl (C=O) groups excluding carboxylic acids is 1. The second-order valence-electron chi connectivity index (χ2n) is 3.60. The molecule has 5 nitrogen and oxygen atoms in total. The zero-order valence-corrected chi connectivity index (χ0v) is 11.9. The van der Waals surface area contributed by atoms with E-state index in [0.29, 0.717) is 0 Å². The topological polar surface area (TPSA) is 69.4 Å². The SMILES string of the molecule is O=C(OCc1cccc(Br)c1)c1ccc([N+](=O)[O-])s1. The molecule has 0 atom stereocenters. The molecule has 0 bridgehead atoms. The molecule has 0 saturated carbocycles. The highest BCUT2D eigenvalue weighted by Gasteiger charge is 2.16. The van der Waals surface area contributed by atoms with Crippen LogP contribution in [-0.2, 0) is 11.3 Å². The molecule has 0 unspecified atom stereocenters. The largest absolute Gasteiger partial charge is 0.457 e. The van der Waals surface area contributed by atoms with Gasteiger partial charge in [-0.25, -0.2) is 4.79 Å². The third kappa shape index (κ3) is 3.62. The third-order valence-electron chi connectivity index (χ3n) is 2.23. The molecule has 0 fully saturated rings. The van der Waals surface area contributed by atoms with Gasteiger partial charge in [-0.05, 0) is 23.8 Å². The molecular weight excluding hydrogens is 334 g/mol. The maximum atomic E-state index is 11.7. The molecule has 1 heterocycles. The standard InChI is InChI=1S/C12H8BrNO4S/c13-9-3-1-2-8(6-9)7-18-12(15)10-4-5-11(19-10)14(16)17/h1-6H,7H2. The predicted molar refractivity (Wildman–Crippen MR) is 74.2 cm³/mol. The summed E-state index contributed by atoms with van der Waals surface area (Å²) in [6.45, 7) is 0.129. The second kappa shape index (κ2) is 5.94. The fraction of sp³-hybridized carbons (Fsp3) is 0.0833. The molecule has 0 aliphatic carbocycles. The Bertz CT molecular complexity index is 626. The van der Waals surface area contributed by atoms with Crippen LogP contribution < -0.4 is 0 Å². The summed E-state index contributed by atoms with van der Waals surface area (Å²) in [6.07, 6.45) is 0. The summed E-state index contributed by atoms with van der Waals surface area (Å²) in [6, 6.07) is 10.1. The number of ether oxygens (including phenoxy) is 1. The van der Waals surface area contributed by atoms with Crippen LogP contribution >= 0.6 is 27.3 Å². The number of thiophene rings is 1. The van der Waals surface area contributed by atoms with Gasteiger partial charge in [0.2, 0.25) is 0 Å². The van der Waals surface area contributed by atoms with Gasteiger partial charge in [0, 0.05) is 10.5 Å². The fourth-order valence-corrected chi connectivity index (χ4v) is 2.54. The normalized spacial score (nSPS) is 10.2. The number of hydrogen-bond acceptors (Lipinski definition) is 5. The van der Waals surface area contributed by atoms with E-state index in [0.717, 1.165) is 21.4 Å². The van der Waals surface area contributed by atoms with Crippen LogP contribution in [0.15, 0.2) is 40.9 Å². The fourth-order valence-electron chi connectivity index (χ4n) is 1.38. The summed E-state index contributed by atoms with van der Waals surface area (Å²) in [4.78, 5) is 21.9. The van der Waals surface area contributed by atoms with Gasteiger partial charge in [0.15, 0.2) is 0 Å². The van der Waals surface area contributed by atoms with E-state index in [1.54, 1.807) is 0 Å². The van der Waals surface area contributed by atoms with E-state index in [1.165, 1.54) is 12.1 Å². The molecule has 0 spiro atoms. The van der Waals surface area contributed by atoms with E-state index < -0.39 is 10.9 Å². The van der Waals surface area contributed by atoms with E-state index in [2.05, 4.69) is 15.9 Å². The molecule has 2 aromatic rings. The van der Waals surface area contributed by atoms with Gasteiger partial charge < -0.3 is 4.74 Å². The maximum Gasteiger partial charge on any atom is 0.348 e. The van der Waals surface area contributed by atoms with Crippen LogP contribution in [0.5, 0.6) is 0 Å². The van der Waals surface area contributed by atoms with Crippen molar-refractivity contribution < 1.29 is 14.5 Å². The smallest absolute Gasteiger partial charge is 0.348 e. The van der Waals surface area contributed by atoms with Gasteiger partial charge in [-0.2, -0.15) is 0 Å². The zero-order valence-electron chi connectivity index (χ0n) is 9.54. The number of benzene rings is 1. The summed E-state index contributed by atoms with van der Waals surface area (Å²) < 4.78 is 5.99. The first-order valence-corrected chi connectivity index (χ1v) is 6.83. The molecule has 0 N–H and O–H groups in total. The lowest BCUT2D eigenvalue weighted by Crippen LogP contribution is -2.02. The summed E-state index contributed by atoms with van der Waals surface area (Å²) in [5.74, 6) is -0.557. The lowest BCUT2D eigenvalue weighted by Gasteiger charge is -2.03. The Morgan fingerprint density at radius 2 is 2.16 bits per heavy atom. The first-order chi connectivity index (χ1) is 9.06. The Labute approximate surface area is 121 Å². The number of nitro groups is 1. The van der Waals surface area contributed by atoms with Crippen molar-refractivity contribution in [2.75, 3.05) is 0 Å². The zero-order chi connectivity index (χ0) is 13.8. The summed E-state index contributed by atoms with van der Waals surface area (Å²) in [5, 5.41) is 10.4. The Balaban J connectivity index is 1.99. The molecule has 1 aromatic heterocycles. The molecule has 2 rings (SSSR count). The number of rotatable bonds is 4. The third-order valence-corrected chi connectivity index (χ3v) is 3.74. The highest BCUT2D eigenvalue weighted by Crippen LogP contribution is 2.24. The number of hydrogen-bond donors (Lipinski definition) is 0. The minimum Gasteiger partial charge on any atom is -0.457 e. The van der Waals surface area contributed by atoms with Crippen LogP contribution in [0.25, 0.3) is 0 Å². The number of nitrogens with zero attached hydrogens (tertiary/aromatic N) is 1.